The summed E-state index contributed by atoms with van der Waals surface area (Å²) in [5.74, 6) is 1.13. The highest BCUT2D eigenvalue weighted by Gasteiger charge is 2.14. The molecule has 2 aromatic rings. The van der Waals surface area contributed by atoms with Crippen LogP contribution in [-0.2, 0) is 9.63 Å². The Kier molecular flexibility index (Phi) is 4.42. The summed E-state index contributed by atoms with van der Waals surface area (Å²) in [5, 5.41) is 6.68. The largest absolute Gasteiger partial charge is 0.454 e. The first-order valence-electron chi connectivity index (χ1n) is 7.14. The molecule has 2 aromatic carbocycles. The number of nitrogens with zero attached hydrogens (tertiary/aromatic N) is 1. The van der Waals surface area contributed by atoms with E-state index in [0.29, 0.717) is 17.2 Å². The third-order valence-corrected chi connectivity index (χ3v) is 3.25. The Morgan fingerprint density at radius 2 is 1.96 bits per heavy atom. The van der Waals surface area contributed by atoms with Gasteiger partial charge >= 0.3 is 0 Å². The summed E-state index contributed by atoms with van der Waals surface area (Å²) in [6, 6.07) is 14.7. The maximum absolute atomic E-state index is 11.7. The minimum Gasteiger partial charge on any atom is -0.454 e. The second kappa shape index (κ2) is 6.83. The molecule has 0 unspecified atom stereocenters. The van der Waals surface area contributed by atoms with Gasteiger partial charge in [0, 0.05) is 11.3 Å². The molecule has 6 nitrogen and oxygen atoms in total. The van der Waals surface area contributed by atoms with Crippen LogP contribution in [0.15, 0.2) is 53.7 Å². The summed E-state index contributed by atoms with van der Waals surface area (Å²) in [6.07, 6.45) is 0. The van der Waals surface area contributed by atoms with Gasteiger partial charge in [-0.2, -0.15) is 0 Å². The highest BCUT2D eigenvalue weighted by molar-refractivity contribution is 5.99. The lowest BCUT2D eigenvalue weighted by atomic mass is 10.1. The molecule has 1 aliphatic heterocycles. The summed E-state index contributed by atoms with van der Waals surface area (Å²) in [4.78, 5) is 16.8. The third kappa shape index (κ3) is 3.79. The van der Waals surface area contributed by atoms with Crippen molar-refractivity contribution in [3.63, 3.8) is 0 Å². The molecule has 0 saturated heterocycles. The summed E-state index contributed by atoms with van der Waals surface area (Å²) >= 11 is 0. The molecule has 0 fully saturated rings. The highest BCUT2D eigenvalue weighted by atomic mass is 16.7. The zero-order valence-corrected chi connectivity index (χ0v) is 12.6. The number of rotatable bonds is 5. The fourth-order valence-electron chi connectivity index (χ4n) is 2.08. The van der Waals surface area contributed by atoms with Crippen LogP contribution < -0.4 is 14.8 Å². The molecule has 0 saturated carbocycles. The van der Waals surface area contributed by atoms with Crippen LogP contribution in [0.3, 0.4) is 0 Å². The van der Waals surface area contributed by atoms with Crippen molar-refractivity contribution in [1.82, 2.24) is 0 Å². The van der Waals surface area contributed by atoms with Gasteiger partial charge in [-0.15, -0.1) is 0 Å². The molecule has 1 heterocycles. The molecule has 1 amide bonds. The first-order chi connectivity index (χ1) is 11.2. The zero-order valence-electron chi connectivity index (χ0n) is 12.6. The fourth-order valence-corrected chi connectivity index (χ4v) is 2.08. The number of carbonyl (C=O) groups is 1. The maximum atomic E-state index is 11.7. The minimum atomic E-state index is -0.265. The molecule has 6 heteroatoms. The van der Waals surface area contributed by atoms with Gasteiger partial charge in [-0.1, -0.05) is 23.4 Å². The molecule has 0 radical (unpaired) electrons. The molecule has 0 spiro atoms. The Balaban J connectivity index is 1.54. The highest BCUT2D eigenvalue weighted by Crippen LogP contribution is 2.32. The van der Waals surface area contributed by atoms with Crippen molar-refractivity contribution in [2.75, 3.05) is 18.7 Å². The Labute approximate surface area is 133 Å². The topological polar surface area (TPSA) is 69.2 Å². The van der Waals surface area contributed by atoms with Crippen LogP contribution in [0, 0.1) is 0 Å². The van der Waals surface area contributed by atoms with Crippen molar-refractivity contribution < 1.29 is 19.1 Å². The van der Waals surface area contributed by atoms with Crippen LogP contribution in [-0.4, -0.2) is 25.0 Å². The molecule has 23 heavy (non-hydrogen) atoms. The van der Waals surface area contributed by atoms with E-state index in [-0.39, 0.29) is 19.3 Å². The Hall–Kier alpha value is -3.02. The van der Waals surface area contributed by atoms with Crippen LogP contribution in [0.5, 0.6) is 11.5 Å². The van der Waals surface area contributed by atoms with Crippen molar-refractivity contribution in [2.24, 2.45) is 5.16 Å². The molecule has 0 aliphatic carbocycles. The monoisotopic (exact) mass is 312 g/mol. The van der Waals surface area contributed by atoms with E-state index in [1.807, 2.05) is 36.4 Å². The van der Waals surface area contributed by atoms with Crippen LogP contribution in [0.1, 0.15) is 12.5 Å². The molecular weight excluding hydrogens is 296 g/mol. The zero-order chi connectivity index (χ0) is 16.1. The molecule has 0 bridgehead atoms. The average Bonchev–Trinajstić information content (AvgIpc) is 3.03. The van der Waals surface area contributed by atoms with E-state index >= 15 is 0 Å². The van der Waals surface area contributed by atoms with Gasteiger partial charge < -0.3 is 19.6 Å². The molecule has 118 valence electrons. The molecule has 0 aromatic heterocycles. The van der Waals surface area contributed by atoms with E-state index in [2.05, 4.69) is 10.5 Å². The Morgan fingerprint density at radius 3 is 2.78 bits per heavy atom. The normalized spacial score (nSPS) is 12.8. The molecule has 1 aliphatic rings. The Morgan fingerprint density at radius 1 is 1.17 bits per heavy atom. The van der Waals surface area contributed by atoms with Crippen molar-refractivity contribution >= 4 is 17.3 Å². The quantitative estimate of drug-likeness (QED) is 0.681. The fraction of sp³-hybridized carbons (Fsp3) is 0.176. The number of carbonyl (C=O) groups excluding carboxylic acids is 1. The number of ether oxygens (including phenoxy) is 2. The molecular formula is C17H16N2O4. The van der Waals surface area contributed by atoms with Crippen molar-refractivity contribution in [2.45, 2.75) is 6.92 Å². The number of oxime groups is 1. The minimum absolute atomic E-state index is 0.156. The lowest BCUT2D eigenvalue weighted by molar-refractivity contribution is -0.120. The first-order valence-corrected chi connectivity index (χ1v) is 7.14. The average molecular weight is 312 g/mol. The molecule has 3 rings (SSSR count). The van der Waals surface area contributed by atoms with Gasteiger partial charge in [0.05, 0.1) is 5.71 Å². The summed E-state index contributed by atoms with van der Waals surface area (Å²) in [5.41, 5.74) is 2.21. The second-order valence-electron chi connectivity index (χ2n) is 4.93. The predicted molar refractivity (Wildman–Crippen MR) is 85.8 cm³/mol. The van der Waals surface area contributed by atoms with Gasteiger partial charge in [-0.3, -0.25) is 4.79 Å². The van der Waals surface area contributed by atoms with Gasteiger partial charge in [0.15, 0.2) is 18.1 Å². The lowest BCUT2D eigenvalue weighted by Gasteiger charge is -2.05. The van der Waals surface area contributed by atoms with E-state index in [0.717, 1.165) is 11.3 Å². The van der Waals surface area contributed by atoms with Gasteiger partial charge in [0.25, 0.3) is 5.91 Å². The third-order valence-electron chi connectivity index (χ3n) is 3.25. The van der Waals surface area contributed by atoms with Gasteiger partial charge in [-0.05, 0) is 37.3 Å². The number of para-hydroxylation sites is 1. The van der Waals surface area contributed by atoms with Crippen LogP contribution >= 0.6 is 0 Å². The summed E-state index contributed by atoms with van der Waals surface area (Å²) in [7, 11) is 0. The van der Waals surface area contributed by atoms with Crippen LogP contribution in [0.25, 0.3) is 0 Å². The van der Waals surface area contributed by atoms with Gasteiger partial charge in [0.2, 0.25) is 6.79 Å². The summed E-state index contributed by atoms with van der Waals surface area (Å²) < 4.78 is 10.6. The van der Waals surface area contributed by atoms with E-state index in [9.17, 15) is 4.79 Å². The number of amides is 1. The van der Waals surface area contributed by atoms with E-state index < -0.39 is 0 Å². The number of hydrogen-bond acceptors (Lipinski definition) is 5. The van der Waals surface area contributed by atoms with E-state index in [1.54, 1.807) is 19.1 Å². The first kappa shape index (κ1) is 14.9. The second-order valence-corrected chi connectivity index (χ2v) is 4.93. The van der Waals surface area contributed by atoms with Crippen molar-refractivity contribution in [3.8, 4) is 11.5 Å². The number of benzene rings is 2. The molecule has 1 N–H and O–H groups in total. The van der Waals surface area contributed by atoms with Gasteiger partial charge in [-0.25, -0.2) is 0 Å². The van der Waals surface area contributed by atoms with E-state index in [1.165, 1.54) is 0 Å². The molecule has 0 atom stereocenters. The summed E-state index contributed by atoms with van der Waals surface area (Å²) in [6.45, 7) is 1.87. The number of nitrogens with one attached hydrogen (secondary N) is 1. The number of fused-ring (bicyclic) bond motifs is 1. The maximum Gasteiger partial charge on any atom is 0.265 e. The van der Waals surface area contributed by atoms with E-state index in [4.69, 9.17) is 14.3 Å². The predicted octanol–water partition coefficient (Wildman–Crippen LogP) is 2.79. The Bertz CT molecular complexity index is 729. The van der Waals surface area contributed by atoms with Crippen molar-refractivity contribution in [1.29, 1.82) is 0 Å². The smallest absolute Gasteiger partial charge is 0.265 e. The number of hydrogen-bond donors (Lipinski definition) is 1. The van der Waals surface area contributed by atoms with Crippen LogP contribution in [0.2, 0.25) is 0 Å². The lowest BCUT2D eigenvalue weighted by Crippen LogP contribution is -2.17. The standard InChI is InChI=1S/C17H16N2O4/c1-12(13-7-8-15-16(9-13)22-11-21-15)19-23-10-17(20)18-14-5-3-2-4-6-14/h2-9H,10-11H2,1H3,(H,18,20)/b19-12+. The van der Waals surface area contributed by atoms with Crippen LogP contribution in [0.4, 0.5) is 5.69 Å². The van der Waals surface area contributed by atoms with Gasteiger partial charge in [0.1, 0.15) is 0 Å². The van der Waals surface area contributed by atoms with Crippen molar-refractivity contribution in [3.05, 3.63) is 54.1 Å². The SMILES string of the molecule is C/C(=N\OCC(=O)Nc1ccccc1)c1ccc2c(c1)OCO2. The number of anilines is 1.